The molecule has 0 N–H and O–H groups in total. The van der Waals surface area contributed by atoms with Gasteiger partial charge in [-0.05, 0) is 29.7 Å². The van der Waals surface area contributed by atoms with E-state index in [1.54, 1.807) is 0 Å². The minimum Gasteiger partial charge on any atom is -0.494 e. The van der Waals surface area contributed by atoms with Gasteiger partial charge in [0.25, 0.3) is 0 Å². The molecule has 3 aromatic rings. The second kappa shape index (κ2) is 9.31. The summed E-state index contributed by atoms with van der Waals surface area (Å²) in [5.41, 5.74) is 0. The first-order chi connectivity index (χ1) is 13.8. The summed E-state index contributed by atoms with van der Waals surface area (Å²) in [7, 11) is 5.00. The molecular formula is C20H17F5O4. The van der Waals surface area contributed by atoms with Gasteiger partial charge in [-0.2, -0.15) is 13.2 Å². The Kier molecular flexibility index (Phi) is 7.08. The molecule has 156 valence electrons. The highest BCUT2D eigenvalue weighted by Crippen LogP contribution is 2.33. The van der Waals surface area contributed by atoms with Gasteiger partial charge < -0.3 is 18.9 Å². The smallest absolute Gasteiger partial charge is 0.204 e. The maximum Gasteiger partial charge on any atom is 0.204 e. The summed E-state index contributed by atoms with van der Waals surface area (Å²) in [6.07, 6.45) is 0. The molecule has 0 radical (unpaired) electrons. The van der Waals surface area contributed by atoms with Crippen molar-refractivity contribution in [1.82, 2.24) is 0 Å². The van der Waals surface area contributed by atoms with Crippen LogP contribution in [0, 0.1) is 29.1 Å². The van der Waals surface area contributed by atoms with Gasteiger partial charge in [0.1, 0.15) is 0 Å². The number of methoxy groups -OCH3 is 4. The summed E-state index contributed by atoms with van der Waals surface area (Å²) in [5, 5.41) is -0.235. The van der Waals surface area contributed by atoms with Crippen LogP contribution in [0.3, 0.4) is 0 Å². The second-order valence-electron chi connectivity index (χ2n) is 5.48. The number of rotatable bonds is 4. The van der Waals surface area contributed by atoms with Crippen LogP contribution in [0.2, 0.25) is 0 Å². The molecule has 0 unspecified atom stereocenters. The molecule has 0 heterocycles. The normalized spacial score (nSPS) is 10.2. The van der Waals surface area contributed by atoms with Crippen LogP contribution in [0.25, 0.3) is 10.8 Å². The molecule has 0 fully saturated rings. The zero-order valence-electron chi connectivity index (χ0n) is 15.9. The number of hydrogen-bond donors (Lipinski definition) is 0. The predicted molar refractivity (Wildman–Crippen MR) is 96.4 cm³/mol. The predicted octanol–water partition coefficient (Wildman–Crippen LogP) is 5.26. The maximum absolute atomic E-state index is 13.8. The maximum atomic E-state index is 13.8. The first-order valence-corrected chi connectivity index (χ1v) is 8.04. The molecule has 0 amide bonds. The summed E-state index contributed by atoms with van der Waals surface area (Å²) < 4.78 is 85.1. The van der Waals surface area contributed by atoms with E-state index in [0.29, 0.717) is 0 Å². The number of ether oxygens (including phenoxy) is 4. The first kappa shape index (κ1) is 22.1. The first-order valence-electron chi connectivity index (χ1n) is 8.04. The lowest BCUT2D eigenvalue weighted by atomic mass is 10.1. The average molecular weight is 416 g/mol. The zero-order valence-corrected chi connectivity index (χ0v) is 15.9. The van der Waals surface area contributed by atoms with Crippen molar-refractivity contribution < 1.29 is 40.9 Å². The summed E-state index contributed by atoms with van der Waals surface area (Å²) in [6.45, 7) is 0. The standard InChI is InChI=1S/C12H9F3O2.C8H8F2O2/c1-16-7-4-3-6-5-8(17-2)11(14)12(15)9(6)10(7)13;1-11-5-3-4-6(12-2)8(10)7(5)9/h3-5H,1-2H3;3-4H,1-2H3. The van der Waals surface area contributed by atoms with E-state index in [9.17, 15) is 22.0 Å². The zero-order chi connectivity index (χ0) is 21.7. The number of halogens is 5. The minimum absolute atomic E-state index is 0.131. The van der Waals surface area contributed by atoms with Crippen molar-refractivity contribution in [2.24, 2.45) is 0 Å². The largest absolute Gasteiger partial charge is 0.494 e. The second-order valence-corrected chi connectivity index (χ2v) is 5.48. The van der Waals surface area contributed by atoms with E-state index in [0.717, 1.165) is 0 Å². The molecule has 3 aromatic carbocycles. The quantitative estimate of drug-likeness (QED) is 0.544. The van der Waals surface area contributed by atoms with Crippen molar-refractivity contribution in [3.8, 4) is 23.0 Å². The van der Waals surface area contributed by atoms with E-state index >= 15 is 0 Å². The highest BCUT2D eigenvalue weighted by Gasteiger charge is 2.19. The Hall–Kier alpha value is -3.23. The Morgan fingerprint density at radius 2 is 0.862 bits per heavy atom. The molecule has 0 bridgehead atoms. The highest BCUT2D eigenvalue weighted by atomic mass is 19.2. The lowest BCUT2D eigenvalue weighted by Gasteiger charge is -2.09. The Bertz CT molecular complexity index is 995. The topological polar surface area (TPSA) is 36.9 Å². The molecule has 3 rings (SSSR count). The van der Waals surface area contributed by atoms with E-state index < -0.39 is 34.5 Å². The summed E-state index contributed by atoms with van der Waals surface area (Å²) in [6, 6.07) is 6.61. The highest BCUT2D eigenvalue weighted by molar-refractivity contribution is 5.86. The summed E-state index contributed by atoms with van der Waals surface area (Å²) in [5.74, 6) is -6.15. The van der Waals surface area contributed by atoms with Crippen molar-refractivity contribution in [2.45, 2.75) is 0 Å². The van der Waals surface area contributed by atoms with Gasteiger partial charge >= 0.3 is 0 Å². The lowest BCUT2D eigenvalue weighted by Crippen LogP contribution is -1.97. The van der Waals surface area contributed by atoms with Crippen LogP contribution in [-0.2, 0) is 0 Å². The van der Waals surface area contributed by atoms with Gasteiger partial charge in [0.2, 0.25) is 17.5 Å². The van der Waals surface area contributed by atoms with Crippen molar-refractivity contribution >= 4 is 10.8 Å². The van der Waals surface area contributed by atoms with Gasteiger partial charge in [0.05, 0.1) is 33.8 Å². The number of hydrogen-bond acceptors (Lipinski definition) is 4. The molecule has 0 atom stereocenters. The Morgan fingerprint density at radius 1 is 0.483 bits per heavy atom. The van der Waals surface area contributed by atoms with Crippen LogP contribution >= 0.6 is 0 Å². The third-order valence-corrected chi connectivity index (χ3v) is 3.94. The Labute approximate surface area is 163 Å². The minimum atomic E-state index is -1.28. The van der Waals surface area contributed by atoms with Gasteiger partial charge in [-0.25, -0.2) is 8.78 Å². The summed E-state index contributed by atoms with van der Waals surface area (Å²) >= 11 is 0. The van der Waals surface area contributed by atoms with E-state index in [1.807, 2.05) is 0 Å². The van der Waals surface area contributed by atoms with Gasteiger partial charge in [-0.3, -0.25) is 0 Å². The van der Waals surface area contributed by atoms with Crippen LogP contribution in [0.1, 0.15) is 0 Å². The molecule has 0 spiro atoms. The molecule has 0 aromatic heterocycles. The van der Waals surface area contributed by atoms with Crippen molar-refractivity contribution in [3.63, 3.8) is 0 Å². The average Bonchev–Trinajstić information content (AvgIpc) is 2.73. The molecule has 4 nitrogen and oxygen atoms in total. The number of benzene rings is 3. The number of fused-ring (bicyclic) bond motifs is 1. The Balaban J connectivity index is 0.000000221. The van der Waals surface area contributed by atoms with Crippen LogP contribution in [-0.4, -0.2) is 28.4 Å². The molecule has 9 heteroatoms. The van der Waals surface area contributed by atoms with E-state index in [4.69, 9.17) is 4.74 Å². The Morgan fingerprint density at radius 3 is 1.31 bits per heavy atom. The third-order valence-electron chi connectivity index (χ3n) is 3.94. The molecule has 0 aliphatic carbocycles. The van der Waals surface area contributed by atoms with Gasteiger partial charge in [-0.1, -0.05) is 6.07 Å². The molecule has 0 saturated heterocycles. The van der Waals surface area contributed by atoms with Crippen LogP contribution in [0.15, 0.2) is 30.3 Å². The van der Waals surface area contributed by atoms with Crippen molar-refractivity contribution in [3.05, 3.63) is 59.4 Å². The van der Waals surface area contributed by atoms with E-state index in [2.05, 4.69) is 14.2 Å². The summed E-state index contributed by atoms with van der Waals surface area (Å²) in [4.78, 5) is 0. The van der Waals surface area contributed by atoms with Crippen LogP contribution in [0.5, 0.6) is 23.0 Å². The van der Waals surface area contributed by atoms with Crippen molar-refractivity contribution in [2.75, 3.05) is 28.4 Å². The fourth-order valence-electron chi connectivity index (χ4n) is 2.47. The van der Waals surface area contributed by atoms with Crippen LogP contribution < -0.4 is 18.9 Å². The monoisotopic (exact) mass is 416 g/mol. The fraction of sp³-hybridized carbons (Fsp3) is 0.200. The molecule has 0 aliphatic rings. The lowest BCUT2D eigenvalue weighted by molar-refractivity contribution is 0.344. The molecule has 0 aliphatic heterocycles. The van der Waals surface area contributed by atoms with E-state index in [1.165, 1.54) is 58.8 Å². The van der Waals surface area contributed by atoms with Gasteiger partial charge in [0, 0.05) is 0 Å². The molecule has 0 saturated carbocycles. The SMILES string of the molecule is COc1cc2ccc(OC)c(F)c2c(F)c1F.COc1ccc(OC)c(F)c1F. The fourth-order valence-corrected chi connectivity index (χ4v) is 2.47. The molecule has 29 heavy (non-hydrogen) atoms. The van der Waals surface area contributed by atoms with Gasteiger partial charge in [-0.15, -0.1) is 0 Å². The third kappa shape index (κ3) is 4.28. The van der Waals surface area contributed by atoms with Crippen LogP contribution in [0.4, 0.5) is 22.0 Å². The van der Waals surface area contributed by atoms with Crippen molar-refractivity contribution in [1.29, 1.82) is 0 Å². The van der Waals surface area contributed by atoms with Gasteiger partial charge in [0.15, 0.2) is 34.6 Å². The van der Waals surface area contributed by atoms with E-state index in [-0.39, 0.29) is 28.4 Å². The molecular weight excluding hydrogens is 399 g/mol.